The number of H-pyrrole nitrogens is 1. The lowest BCUT2D eigenvalue weighted by Gasteiger charge is -2.09. The van der Waals surface area contributed by atoms with Crippen molar-refractivity contribution in [1.82, 2.24) is 20.2 Å². The number of nitrogens with one attached hydrogen (secondary N) is 2. The Morgan fingerprint density at radius 2 is 1.95 bits per heavy atom. The predicted octanol–water partition coefficient (Wildman–Crippen LogP) is 2.49. The summed E-state index contributed by atoms with van der Waals surface area (Å²) in [5, 5.41) is 10.4. The molecule has 0 bridgehead atoms. The number of methoxy groups -OCH3 is 1. The molecule has 0 fully saturated rings. The Morgan fingerprint density at radius 3 is 2.76 bits per heavy atom. The highest BCUT2D eigenvalue weighted by Gasteiger charge is 2.06. The molecule has 6 heteroatoms. The largest absolute Gasteiger partial charge is 0.495 e. The topological polar surface area (TPSA) is 75.7 Å². The molecule has 2 heterocycles. The van der Waals surface area contributed by atoms with Crippen LogP contribution in [0.5, 0.6) is 5.75 Å². The summed E-state index contributed by atoms with van der Waals surface area (Å²) in [6.07, 6.45) is 3.44. The third-order valence-corrected chi connectivity index (χ3v) is 3.02. The number of hydrogen-bond acceptors (Lipinski definition) is 5. The number of pyridine rings is 1. The lowest BCUT2D eigenvalue weighted by atomic mass is 10.2. The molecular weight excluding hydrogens is 266 g/mol. The summed E-state index contributed by atoms with van der Waals surface area (Å²) in [5.41, 5.74) is 1.85. The van der Waals surface area contributed by atoms with Crippen LogP contribution in [-0.2, 0) is 6.54 Å². The monoisotopic (exact) mass is 281 g/mol. The van der Waals surface area contributed by atoms with Crippen LogP contribution in [0.15, 0.2) is 48.8 Å². The molecule has 0 amide bonds. The van der Waals surface area contributed by atoms with E-state index < -0.39 is 0 Å². The van der Waals surface area contributed by atoms with Gasteiger partial charge in [-0.1, -0.05) is 12.1 Å². The normalized spacial score (nSPS) is 10.3. The van der Waals surface area contributed by atoms with Crippen LogP contribution in [-0.4, -0.2) is 27.3 Å². The molecule has 0 aliphatic heterocycles. The van der Waals surface area contributed by atoms with Gasteiger partial charge in [0.05, 0.1) is 19.3 Å². The van der Waals surface area contributed by atoms with E-state index >= 15 is 0 Å². The fourth-order valence-electron chi connectivity index (χ4n) is 1.97. The van der Waals surface area contributed by atoms with E-state index in [1.807, 2.05) is 36.4 Å². The van der Waals surface area contributed by atoms with Crippen LogP contribution in [0.2, 0.25) is 0 Å². The van der Waals surface area contributed by atoms with Crippen LogP contribution >= 0.6 is 0 Å². The number of anilines is 1. The number of hydrogen-bond donors (Lipinski definition) is 2. The van der Waals surface area contributed by atoms with Crippen molar-refractivity contribution in [2.45, 2.75) is 6.54 Å². The minimum absolute atomic E-state index is 0.540. The van der Waals surface area contributed by atoms with Crippen LogP contribution in [0, 0.1) is 0 Å². The van der Waals surface area contributed by atoms with Crippen LogP contribution in [0.25, 0.3) is 11.4 Å². The van der Waals surface area contributed by atoms with Gasteiger partial charge in [-0.3, -0.25) is 10.1 Å². The Labute approximate surface area is 122 Å². The number of aromatic nitrogens is 4. The SMILES string of the molecule is COc1ccccc1NCc1nc(-c2ccncc2)n[nH]1. The molecule has 1 aromatic carbocycles. The lowest BCUT2D eigenvalue weighted by Crippen LogP contribution is -2.02. The number of rotatable bonds is 5. The van der Waals surface area contributed by atoms with Crippen LogP contribution in [0.1, 0.15) is 5.82 Å². The second-order valence-corrected chi connectivity index (χ2v) is 4.40. The first-order valence-electron chi connectivity index (χ1n) is 6.55. The Hall–Kier alpha value is -2.89. The summed E-state index contributed by atoms with van der Waals surface area (Å²) in [7, 11) is 1.65. The first-order valence-corrected chi connectivity index (χ1v) is 6.55. The van der Waals surface area contributed by atoms with E-state index in [4.69, 9.17) is 4.74 Å². The maximum Gasteiger partial charge on any atom is 0.181 e. The summed E-state index contributed by atoms with van der Waals surface area (Å²) in [5.74, 6) is 2.22. The fraction of sp³-hybridized carbons (Fsp3) is 0.133. The van der Waals surface area contributed by atoms with Crippen molar-refractivity contribution in [1.29, 1.82) is 0 Å². The Morgan fingerprint density at radius 1 is 1.14 bits per heavy atom. The van der Waals surface area contributed by atoms with Crippen LogP contribution in [0.3, 0.4) is 0 Å². The molecule has 0 saturated carbocycles. The maximum atomic E-state index is 5.29. The van der Waals surface area contributed by atoms with E-state index in [1.54, 1.807) is 19.5 Å². The third kappa shape index (κ3) is 3.00. The summed E-state index contributed by atoms with van der Waals surface area (Å²) < 4.78 is 5.29. The number of aromatic amines is 1. The highest BCUT2D eigenvalue weighted by molar-refractivity contribution is 5.56. The quantitative estimate of drug-likeness (QED) is 0.751. The van der Waals surface area contributed by atoms with Gasteiger partial charge in [-0.25, -0.2) is 4.98 Å². The van der Waals surface area contributed by atoms with Gasteiger partial charge in [0.25, 0.3) is 0 Å². The van der Waals surface area contributed by atoms with E-state index in [1.165, 1.54) is 0 Å². The lowest BCUT2D eigenvalue weighted by molar-refractivity contribution is 0.416. The van der Waals surface area contributed by atoms with E-state index in [0.717, 1.165) is 22.8 Å². The molecule has 3 aromatic rings. The molecule has 2 N–H and O–H groups in total. The summed E-state index contributed by atoms with van der Waals surface area (Å²) >= 11 is 0. The van der Waals surface area contributed by atoms with Crippen LogP contribution < -0.4 is 10.1 Å². The van der Waals surface area contributed by atoms with Crippen molar-refractivity contribution in [2.75, 3.05) is 12.4 Å². The average Bonchev–Trinajstić information content (AvgIpc) is 3.03. The van der Waals surface area contributed by atoms with Gasteiger partial charge < -0.3 is 10.1 Å². The van der Waals surface area contributed by atoms with Crippen molar-refractivity contribution < 1.29 is 4.74 Å². The van der Waals surface area contributed by atoms with E-state index in [2.05, 4.69) is 25.5 Å². The number of benzene rings is 1. The second-order valence-electron chi connectivity index (χ2n) is 4.40. The van der Waals surface area contributed by atoms with Gasteiger partial charge in [-0.2, -0.15) is 5.10 Å². The molecule has 6 nitrogen and oxygen atoms in total. The van der Waals surface area contributed by atoms with Crippen molar-refractivity contribution in [3.05, 3.63) is 54.6 Å². The van der Waals surface area contributed by atoms with Gasteiger partial charge in [-0.15, -0.1) is 0 Å². The summed E-state index contributed by atoms with van der Waals surface area (Å²) in [6, 6.07) is 11.5. The zero-order valence-corrected chi connectivity index (χ0v) is 11.6. The molecule has 0 saturated heterocycles. The predicted molar refractivity (Wildman–Crippen MR) is 79.9 cm³/mol. The molecule has 21 heavy (non-hydrogen) atoms. The van der Waals surface area contributed by atoms with Gasteiger partial charge in [0.1, 0.15) is 11.6 Å². The molecule has 106 valence electrons. The number of nitrogens with zero attached hydrogens (tertiary/aromatic N) is 3. The molecule has 2 aromatic heterocycles. The average molecular weight is 281 g/mol. The van der Waals surface area contributed by atoms with E-state index in [0.29, 0.717) is 12.4 Å². The van der Waals surface area contributed by atoms with Crippen molar-refractivity contribution >= 4 is 5.69 Å². The summed E-state index contributed by atoms with van der Waals surface area (Å²) in [4.78, 5) is 8.43. The summed E-state index contributed by atoms with van der Waals surface area (Å²) in [6.45, 7) is 0.540. The Bertz CT molecular complexity index is 711. The minimum atomic E-state index is 0.540. The van der Waals surface area contributed by atoms with E-state index in [-0.39, 0.29) is 0 Å². The van der Waals surface area contributed by atoms with Crippen molar-refractivity contribution in [3.8, 4) is 17.1 Å². The van der Waals surface area contributed by atoms with Gasteiger partial charge in [-0.05, 0) is 24.3 Å². The zero-order valence-electron chi connectivity index (χ0n) is 11.6. The van der Waals surface area contributed by atoms with E-state index in [9.17, 15) is 0 Å². The third-order valence-electron chi connectivity index (χ3n) is 3.02. The van der Waals surface area contributed by atoms with Crippen LogP contribution in [0.4, 0.5) is 5.69 Å². The van der Waals surface area contributed by atoms with Gasteiger partial charge in [0.2, 0.25) is 0 Å². The van der Waals surface area contributed by atoms with Gasteiger partial charge in [0.15, 0.2) is 5.82 Å². The molecule has 0 unspecified atom stereocenters. The van der Waals surface area contributed by atoms with Crippen molar-refractivity contribution in [3.63, 3.8) is 0 Å². The number of para-hydroxylation sites is 2. The second kappa shape index (κ2) is 6.04. The highest BCUT2D eigenvalue weighted by atomic mass is 16.5. The molecule has 3 rings (SSSR count). The fourth-order valence-corrected chi connectivity index (χ4v) is 1.97. The Kier molecular flexibility index (Phi) is 3.77. The van der Waals surface area contributed by atoms with Crippen molar-refractivity contribution in [2.24, 2.45) is 0 Å². The smallest absolute Gasteiger partial charge is 0.181 e. The number of ether oxygens (including phenoxy) is 1. The molecular formula is C15H15N5O. The maximum absolute atomic E-state index is 5.29. The molecule has 0 spiro atoms. The molecule has 0 aliphatic carbocycles. The minimum Gasteiger partial charge on any atom is -0.495 e. The van der Waals surface area contributed by atoms with Gasteiger partial charge in [0, 0.05) is 18.0 Å². The standard InChI is InChI=1S/C15H15N5O/c1-21-13-5-3-2-4-12(13)17-10-14-18-15(20-19-14)11-6-8-16-9-7-11/h2-9,17H,10H2,1H3,(H,18,19,20). The molecule has 0 atom stereocenters. The molecule has 0 radical (unpaired) electrons. The zero-order chi connectivity index (χ0) is 14.5. The highest BCUT2D eigenvalue weighted by Crippen LogP contribution is 2.23. The van der Waals surface area contributed by atoms with Gasteiger partial charge >= 0.3 is 0 Å². The Balaban J connectivity index is 1.71. The molecule has 0 aliphatic rings. The first kappa shape index (κ1) is 13.1. The first-order chi connectivity index (χ1) is 10.4.